The second-order valence-electron chi connectivity index (χ2n) is 8.29. The Balaban J connectivity index is 1.36. The molecule has 0 aliphatic carbocycles. The van der Waals surface area contributed by atoms with Crippen molar-refractivity contribution in [2.45, 2.75) is 18.9 Å². The van der Waals surface area contributed by atoms with Gasteiger partial charge in [-0.3, -0.25) is 19.3 Å². The van der Waals surface area contributed by atoms with Crippen molar-refractivity contribution in [2.24, 2.45) is 0 Å². The van der Waals surface area contributed by atoms with Crippen molar-refractivity contribution in [3.05, 3.63) is 52.2 Å². The van der Waals surface area contributed by atoms with Crippen LogP contribution in [0.25, 0.3) is 0 Å². The van der Waals surface area contributed by atoms with Gasteiger partial charge in [0.25, 0.3) is 11.8 Å². The Morgan fingerprint density at radius 3 is 2.42 bits per heavy atom. The minimum Gasteiger partial charge on any atom is -0.496 e. The average molecular weight is 471 g/mol. The highest BCUT2D eigenvalue weighted by molar-refractivity contribution is 7.12. The number of hydrogen-bond donors (Lipinski definition) is 1. The van der Waals surface area contributed by atoms with Gasteiger partial charge in [0.15, 0.2) is 0 Å². The van der Waals surface area contributed by atoms with Crippen LogP contribution in [-0.2, 0) is 16.0 Å². The number of para-hydroxylation sites is 1. The predicted octanol–water partition coefficient (Wildman–Crippen LogP) is 1.59. The normalized spacial score (nSPS) is 20.7. The van der Waals surface area contributed by atoms with Crippen LogP contribution in [0.2, 0.25) is 0 Å². The zero-order chi connectivity index (χ0) is 23.6. The van der Waals surface area contributed by atoms with Crippen molar-refractivity contribution in [1.29, 1.82) is 0 Å². The molecule has 1 aromatic carbocycles. The van der Waals surface area contributed by atoms with Gasteiger partial charge in [-0.25, -0.2) is 4.79 Å². The van der Waals surface area contributed by atoms with Crippen molar-refractivity contribution in [3.8, 4) is 5.75 Å². The van der Waals surface area contributed by atoms with E-state index in [1.165, 1.54) is 11.3 Å². The highest BCUT2D eigenvalue weighted by Gasteiger charge is 2.49. The molecule has 174 valence electrons. The van der Waals surface area contributed by atoms with Crippen LogP contribution in [-0.4, -0.2) is 83.8 Å². The monoisotopic (exact) mass is 470 g/mol. The van der Waals surface area contributed by atoms with Crippen LogP contribution in [0.3, 0.4) is 0 Å². The van der Waals surface area contributed by atoms with E-state index in [9.17, 15) is 19.2 Å². The largest absolute Gasteiger partial charge is 0.496 e. The fraction of sp³-hybridized carbons (Fsp3) is 0.391. The summed E-state index contributed by atoms with van der Waals surface area (Å²) in [7, 11) is 1.55. The summed E-state index contributed by atoms with van der Waals surface area (Å²) in [5.74, 6) is -0.176. The van der Waals surface area contributed by atoms with Crippen LogP contribution in [0.15, 0.2) is 41.8 Å². The minimum atomic E-state index is -1.17. The molecule has 0 bridgehead atoms. The van der Waals surface area contributed by atoms with E-state index >= 15 is 0 Å². The fourth-order valence-electron chi connectivity index (χ4n) is 4.19. The molecule has 4 rings (SSSR count). The third-order valence-corrected chi connectivity index (χ3v) is 6.88. The molecule has 0 spiro atoms. The highest BCUT2D eigenvalue weighted by atomic mass is 32.1. The molecule has 3 heterocycles. The molecule has 2 aliphatic heterocycles. The second-order valence-corrected chi connectivity index (χ2v) is 9.24. The van der Waals surface area contributed by atoms with Gasteiger partial charge in [0.05, 0.1) is 12.0 Å². The summed E-state index contributed by atoms with van der Waals surface area (Å²) in [6.45, 7) is 2.86. The lowest BCUT2D eigenvalue weighted by molar-refractivity contribution is -0.139. The maximum Gasteiger partial charge on any atom is 0.325 e. The number of carbonyl (C=O) groups is 4. The summed E-state index contributed by atoms with van der Waals surface area (Å²) < 4.78 is 5.36. The summed E-state index contributed by atoms with van der Waals surface area (Å²) in [5.41, 5.74) is -0.381. The Labute approximate surface area is 195 Å². The van der Waals surface area contributed by atoms with Crippen LogP contribution in [0.4, 0.5) is 4.79 Å². The molecule has 0 saturated carbocycles. The Morgan fingerprint density at radius 2 is 1.76 bits per heavy atom. The van der Waals surface area contributed by atoms with Crippen LogP contribution in [0, 0.1) is 0 Å². The first-order chi connectivity index (χ1) is 15.8. The minimum absolute atomic E-state index is 0.0432. The van der Waals surface area contributed by atoms with Crippen LogP contribution >= 0.6 is 11.3 Å². The van der Waals surface area contributed by atoms with E-state index in [-0.39, 0.29) is 24.8 Å². The van der Waals surface area contributed by atoms with E-state index in [1.807, 2.05) is 29.6 Å². The zero-order valence-corrected chi connectivity index (χ0v) is 19.4. The predicted molar refractivity (Wildman–Crippen MR) is 122 cm³/mol. The van der Waals surface area contributed by atoms with Crippen molar-refractivity contribution in [1.82, 2.24) is 20.0 Å². The Hall–Kier alpha value is -3.40. The van der Waals surface area contributed by atoms with Crippen molar-refractivity contribution in [3.63, 3.8) is 0 Å². The van der Waals surface area contributed by atoms with Gasteiger partial charge >= 0.3 is 6.03 Å². The number of ether oxygens (including phenoxy) is 1. The first-order valence-electron chi connectivity index (χ1n) is 10.7. The summed E-state index contributed by atoms with van der Waals surface area (Å²) in [6, 6.07) is 10.3. The SMILES string of the molecule is COc1ccccc1CC1(C)NC(=O)N(CC(=O)N2CCN(C(=O)c3cccs3)CC2)C1=O. The molecule has 2 aromatic rings. The molecule has 1 atom stereocenters. The molecular weight excluding hydrogens is 444 g/mol. The standard InChI is InChI=1S/C23H26N4O5S/c1-23(14-16-6-3-4-7-17(16)32-2)21(30)27(22(31)24-23)15-19(28)25-9-11-26(12-10-25)20(29)18-8-5-13-33-18/h3-8,13H,9-12,14-15H2,1-2H3,(H,24,31). The lowest BCUT2D eigenvalue weighted by Gasteiger charge is -2.35. The molecule has 2 aliphatic rings. The third-order valence-electron chi connectivity index (χ3n) is 6.03. The van der Waals surface area contributed by atoms with Crippen molar-refractivity contribution >= 4 is 35.1 Å². The van der Waals surface area contributed by atoms with Crippen LogP contribution in [0.1, 0.15) is 22.2 Å². The van der Waals surface area contributed by atoms with Gasteiger partial charge in [-0.05, 0) is 30.0 Å². The van der Waals surface area contributed by atoms with Gasteiger partial charge in [-0.1, -0.05) is 24.3 Å². The number of benzene rings is 1. The number of methoxy groups -OCH3 is 1. The first kappa shape index (κ1) is 22.8. The molecule has 1 unspecified atom stereocenters. The highest BCUT2D eigenvalue weighted by Crippen LogP contribution is 2.27. The van der Waals surface area contributed by atoms with Gasteiger partial charge in [-0.2, -0.15) is 0 Å². The average Bonchev–Trinajstić information content (AvgIpc) is 3.42. The number of hydrogen-bond acceptors (Lipinski definition) is 6. The van der Waals surface area contributed by atoms with E-state index < -0.39 is 17.5 Å². The number of amides is 5. The molecule has 2 fully saturated rings. The fourth-order valence-corrected chi connectivity index (χ4v) is 4.88. The van der Waals surface area contributed by atoms with Crippen molar-refractivity contribution in [2.75, 3.05) is 39.8 Å². The number of urea groups is 1. The van der Waals surface area contributed by atoms with Gasteiger partial charge in [-0.15, -0.1) is 11.3 Å². The van der Waals surface area contributed by atoms with E-state index in [0.29, 0.717) is 36.8 Å². The number of nitrogens with zero attached hydrogens (tertiary/aromatic N) is 3. The molecular formula is C23H26N4O5S. The van der Waals surface area contributed by atoms with E-state index in [2.05, 4.69) is 5.32 Å². The first-order valence-corrected chi connectivity index (χ1v) is 11.6. The molecule has 1 aromatic heterocycles. The molecule has 9 nitrogen and oxygen atoms in total. The zero-order valence-electron chi connectivity index (χ0n) is 18.6. The van der Waals surface area contributed by atoms with Crippen LogP contribution < -0.4 is 10.1 Å². The summed E-state index contributed by atoms with van der Waals surface area (Å²) in [4.78, 5) is 56.0. The second kappa shape index (κ2) is 9.22. The number of nitrogens with one attached hydrogen (secondary N) is 1. The van der Waals surface area contributed by atoms with E-state index in [1.54, 1.807) is 36.0 Å². The Bertz CT molecular complexity index is 1060. The quantitative estimate of drug-likeness (QED) is 0.647. The Morgan fingerprint density at radius 1 is 1.06 bits per heavy atom. The number of thiophene rings is 1. The topological polar surface area (TPSA) is 99.3 Å². The number of carbonyl (C=O) groups excluding carboxylic acids is 4. The maximum atomic E-state index is 13.1. The van der Waals surface area contributed by atoms with Gasteiger partial charge in [0.2, 0.25) is 5.91 Å². The van der Waals surface area contributed by atoms with Crippen LogP contribution in [0.5, 0.6) is 5.75 Å². The van der Waals surface area contributed by atoms with E-state index in [4.69, 9.17) is 4.74 Å². The summed E-state index contributed by atoms with van der Waals surface area (Å²) in [6.07, 6.45) is 0.246. The molecule has 0 radical (unpaired) electrons. The lowest BCUT2D eigenvalue weighted by Crippen LogP contribution is -2.53. The van der Waals surface area contributed by atoms with Gasteiger partial charge < -0.3 is 19.9 Å². The molecule has 10 heteroatoms. The smallest absolute Gasteiger partial charge is 0.325 e. The van der Waals surface area contributed by atoms with Gasteiger partial charge in [0, 0.05) is 32.6 Å². The molecule has 33 heavy (non-hydrogen) atoms. The van der Waals surface area contributed by atoms with Gasteiger partial charge in [0.1, 0.15) is 17.8 Å². The number of piperazine rings is 1. The summed E-state index contributed by atoms with van der Waals surface area (Å²) >= 11 is 1.39. The summed E-state index contributed by atoms with van der Waals surface area (Å²) in [5, 5.41) is 4.59. The molecule has 5 amide bonds. The number of rotatable bonds is 6. The lowest BCUT2D eigenvalue weighted by atomic mass is 9.92. The van der Waals surface area contributed by atoms with E-state index in [0.717, 1.165) is 10.5 Å². The third kappa shape index (κ3) is 4.56. The van der Waals surface area contributed by atoms with Crippen molar-refractivity contribution < 1.29 is 23.9 Å². The Kier molecular flexibility index (Phi) is 6.37. The number of imide groups is 1. The molecule has 2 saturated heterocycles. The molecule has 1 N–H and O–H groups in total. The maximum absolute atomic E-state index is 13.1.